The summed E-state index contributed by atoms with van der Waals surface area (Å²) in [4.78, 5) is 14.0. The van der Waals surface area contributed by atoms with Gasteiger partial charge in [-0.05, 0) is 24.3 Å². The molecular formula is C19H24N2O6S. The first-order valence-electron chi connectivity index (χ1n) is 9.02. The molecule has 9 heteroatoms. The standard InChI is InChI=1S/C19H24N2O6S/c22-18-14-28(24,25)13-17(18)21(11-16-7-4-9-26-16)12-19(23)20-8-10-27-15-5-2-1-3-6-15/h1-7,9,17-18,22H,8,10-14H2,(H,20,23)/t17-,18-/m1/s1. The number of nitrogens with zero attached hydrogens (tertiary/aromatic N) is 1. The molecule has 1 saturated heterocycles. The Bertz CT molecular complexity index is 854. The maximum atomic E-state index is 12.3. The highest BCUT2D eigenvalue weighted by molar-refractivity contribution is 7.91. The molecule has 1 amide bonds. The lowest BCUT2D eigenvalue weighted by molar-refractivity contribution is -0.123. The second-order valence-corrected chi connectivity index (χ2v) is 8.86. The third-order valence-electron chi connectivity index (χ3n) is 4.48. The molecular weight excluding hydrogens is 384 g/mol. The number of aliphatic hydroxyl groups is 1. The third kappa shape index (κ3) is 5.82. The molecule has 28 heavy (non-hydrogen) atoms. The molecule has 0 bridgehead atoms. The number of aliphatic hydroxyl groups excluding tert-OH is 1. The van der Waals surface area contributed by atoms with Crippen molar-refractivity contribution in [1.82, 2.24) is 10.2 Å². The Morgan fingerprint density at radius 1 is 1.21 bits per heavy atom. The second kappa shape index (κ2) is 9.22. The summed E-state index contributed by atoms with van der Waals surface area (Å²) in [6.45, 7) is 0.809. The summed E-state index contributed by atoms with van der Waals surface area (Å²) in [5.74, 6) is 0.560. The van der Waals surface area contributed by atoms with Crippen LogP contribution in [-0.2, 0) is 21.2 Å². The Kier molecular flexibility index (Phi) is 6.71. The van der Waals surface area contributed by atoms with Gasteiger partial charge in [0, 0.05) is 0 Å². The van der Waals surface area contributed by atoms with E-state index in [1.807, 2.05) is 30.3 Å². The molecule has 2 N–H and O–H groups in total. The monoisotopic (exact) mass is 408 g/mol. The highest BCUT2D eigenvalue weighted by Crippen LogP contribution is 2.20. The third-order valence-corrected chi connectivity index (χ3v) is 6.18. The number of hydrogen-bond donors (Lipinski definition) is 2. The number of sulfone groups is 1. The molecule has 0 spiro atoms. The topological polar surface area (TPSA) is 109 Å². The SMILES string of the molecule is O=C(CN(Cc1ccco1)[C@@H]1CS(=O)(=O)C[C@H]1O)NCCOc1ccccc1. The number of ether oxygens (including phenoxy) is 1. The van der Waals surface area contributed by atoms with Crippen LogP contribution in [-0.4, -0.2) is 67.7 Å². The van der Waals surface area contributed by atoms with Gasteiger partial charge >= 0.3 is 0 Å². The fraction of sp³-hybridized carbons (Fsp3) is 0.421. The minimum absolute atomic E-state index is 0.0523. The Balaban J connectivity index is 1.53. The number of carbonyl (C=O) groups excluding carboxylic acids is 1. The van der Waals surface area contributed by atoms with Crippen LogP contribution in [0, 0.1) is 0 Å². The van der Waals surface area contributed by atoms with Crippen LogP contribution >= 0.6 is 0 Å². The predicted molar refractivity (Wildman–Crippen MR) is 103 cm³/mol. The molecule has 0 aliphatic carbocycles. The number of nitrogens with one attached hydrogen (secondary N) is 1. The summed E-state index contributed by atoms with van der Waals surface area (Å²) in [7, 11) is -3.33. The van der Waals surface area contributed by atoms with Crippen LogP contribution in [0.2, 0.25) is 0 Å². The molecule has 1 aromatic carbocycles. The Hall–Kier alpha value is -2.36. The van der Waals surface area contributed by atoms with Crippen LogP contribution in [0.25, 0.3) is 0 Å². The van der Waals surface area contributed by atoms with Gasteiger partial charge in [0.2, 0.25) is 5.91 Å². The van der Waals surface area contributed by atoms with E-state index < -0.39 is 22.0 Å². The zero-order chi connectivity index (χ0) is 20.0. The maximum absolute atomic E-state index is 12.3. The van der Waals surface area contributed by atoms with Crippen LogP contribution in [0.1, 0.15) is 5.76 Å². The number of furan rings is 1. The molecule has 1 aliphatic heterocycles. The van der Waals surface area contributed by atoms with E-state index in [4.69, 9.17) is 9.15 Å². The van der Waals surface area contributed by atoms with E-state index in [1.165, 1.54) is 6.26 Å². The smallest absolute Gasteiger partial charge is 0.234 e. The van der Waals surface area contributed by atoms with Crippen molar-refractivity contribution in [3.63, 3.8) is 0 Å². The average Bonchev–Trinajstić information content (AvgIpc) is 3.26. The quantitative estimate of drug-likeness (QED) is 0.579. The van der Waals surface area contributed by atoms with Crippen molar-refractivity contribution in [2.75, 3.05) is 31.2 Å². The van der Waals surface area contributed by atoms with E-state index in [2.05, 4.69) is 5.32 Å². The van der Waals surface area contributed by atoms with Crippen LogP contribution in [0.15, 0.2) is 53.1 Å². The van der Waals surface area contributed by atoms with Crippen molar-refractivity contribution in [2.24, 2.45) is 0 Å². The van der Waals surface area contributed by atoms with Gasteiger partial charge in [0.1, 0.15) is 18.1 Å². The average molecular weight is 408 g/mol. The van der Waals surface area contributed by atoms with E-state index in [0.717, 1.165) is 5.75 Å². The summed E-state index contributed by atoms with van der Waals surface area (Å²) >= 11 is 0. The zero-order valence-corrected chi connectivity index (χ0v) is 16.2. The zero-order valence-electron chi connectivity index (χ0n) is 15.4. The second-order valence-electron chi connectivity index (χ2n) is 6.71. The van der Waals surface area contributed by atoms with Gasteiger partial charge in [0.05, 0.1) is 49.5 Å². The fourth-order valence-electron chi connectivity index (χ4n) is 3.17. The molecule has 1 aromatic heterocycles. The van der Waals surface area contributed by atoms with E-state index in [0.29, 0.717) is 18.9 Å². The molecule has 8 nitrogen and oxygen atoms in total. The van der Waals surface area contributed by atoms with Gasteiger partial charge in [-0.1, -0.05) is 18.2 Å². The Labute approximate surface area is 164 Å². The molecule has 152 valence electrons. The molecule has 2 aromatic rings. The molecule has 1 fully saturated rings. The van der Waals surface area contributed by atoms with Gasteiger partial charge in [0.25, 0.3) is 0 Å². The maximum Gasteiger partial charge on any atom is 0.234 e. The van der Waals surface area contributed by atoms with Crippen molar-refractivity contribution in [3.05, 3.63) is 54.5 Å². The van der Waals surface area contributed by atoms with E-state index >= 15 is 0 Å². The molecule has 0 unspecified atom stereocenters. The molecule has 2 heterocycles. The number of para-hydroxylation sites is 1. The number of amides is 1. The number of benzene rings is 1. The van der Waals surface area contributed by atoms with Crippen LogP contribution in [0.5, 0.6) is 5.75 Å². The highest BCUT2D eigenvalue weighted by Gasteiger charge is 2.40. The van der Waals surface area contributed by atoms with Gasteiger partial charge in [-0.3, -0.25) is 9.69 Å². The molecule has 2 atom stereocenters. The predicted octanol–water partition coefficient (Wildman–Crippen LogP) is 0.435. The fourth-order valence-corrected chi connectivity index (χ4v) is 5.00. The summed E-state index contributed by atoms with van der Waals surface area (Å²) in [5.41, 5.74) is 0. The Morgan fingerprint density at radius 2 is 2.00 bits per heavy atom. The lowest BCUT2D eigenvalue weighted by atomic mass is 10.1. The summed E-state index contributed by atoms with van der Waals surface area (Å²) in [6.07, 6.45) is 0.477. The minimum Gasteiger partial charge on any atom is -0.492 e. The highest BCUT2D eigenvalue weighted by atomic mass is 32.2. The number of rotatable bonds is 9. The number of hydrogen-bond acceptors (Lipinski definition) is 7. The van der Waals surface area contributed by atoms with Crippen LogP contribution < -0.4 is 10.1 Å². The lowest BCUT2D eigenvalue weighted by Gasteiger charge is -2.28. The van der Waals surface area contributed by atoms with Gasteiger partial charge in [0.15, 0.2) is 9.84 Å². The van der Waals surface area contributed by atoms with Gasteiger partial charge < -0.3 is 19.6 Å². The first-order chi connectivity index (χ1) is 13.4. The summed E-state index contributed by atoms with van der Waals surface area (Å²) < 4.78 is 34.6. The molecule has 3 rings (SSSR count). The minimum atomic E-state index is -3.33. The normalized spacial score (nSPS) is 20.9. The first kappa shape index (κ1) is 20.4. The van der Waals surface area contributed by atoms with Crippen molar-refractivity contribution in [1.29, 1.82) is 0 Å². The van der Waals surface area contributed by atoms with E-state index in [1.54, 1.807) is 17.0 Å². The van der Waals surface area contributed by atoms with Crippen LogP contribution in [0.4, 0.5) is 0 Å². The number of carbonyl (C=O) groups is 1. The van der Waals surface area contributed by atoms with E-state index in [-0.39, 0.29) is 30.5 Å². The van der Waals surface area contributed by atoms with Gasteiger partial charge in [-0.25, -0.2) is 8.42 Å². The first-order valence-corrected chi connectivity index (χ1v) is 10.8. The summed E-state index contributed by atoms with van der Waals surface area (Å²) in [6, 6.07) is 12.1. The van der Waals surface area contributed by atoms with Crippen molar-refractivity contribution >= 4 is 15.7 Å². The van der Waals surface area contributed by atoms with Gasteiger partial charge in [-0.2, -0.15) is 0 Å². The van der Waals surface area contributed by atoms with Gasteiger partial charge in [-0.15, -0.1) is 0 Å². The molecule has 0 saturated carbocycles. The van der Waals surface area contributed by atoms with Crippen LogP contribution in [0.3, 0.4) is 0 Å². The Morgan fingerprint density at radius 3 is 2.64 bits per heavy atom. The lowest BCUT2D eigenvalue weighted by Crippen LogP contribution is -2.47. The van der Waals surface area contributed by atoms with Crippen molar-refractivity contribution in [2.45, 2.75) is 18.7 Å². The molecule has 1 aliphatic rings. The van der Waals surface area contributed by atoms with E-state index in [9.17, 15) is 18.3 Å². The van der Waals surface area contributed by atoms with Crippen molar-refractivity contribution < 1.29 is 27.5 Å². The molecule has 0 radical (unpaired) electrons. The largest absolute Gasteiger partial charge is 0.492 e. The summed E-state index contributed by atoms with van der Waals surface area (Å²) in [5, 5.41) is 12.9. The van der Waals surface area contributed by atoms with Crippen molar-refractivity contribution in [3.8, 4) is 5.75 Å².